The van der Waals surface area contributed by atoms with Gasteiger partial charge in [-0.25, -0.2) is 0 Å². The van der Waals surface area contributed by atoms with Crippen LogP contribution in [0.1, 0.15) is 68.6 Å². The van der Waals surface area contributed by atoms with Gasteiger partial charge < -0.3 is 14.6 Å². The predicted molar refractivity (Wildman–Crippen MR) is 123 cm³/mol. The first-order chi connectivity index (χ1) is 15.0. The van der Waals surface area contributed by atoms with Crippen LogP contribution in [-0.2, 0) is 17.8 Å². The van der Waals surface area contributed by atoms with E-state index in [2.05, 4.69) is 62.4 Å². The second-order valence-electron chi connectivity index (χ2n) is 10.3. The second kappa shape index (κ2) is 7.94. The van der Waals surface area contributed by atoms with Crippen LogP contribution in [0.4, 0.5) is 0 Å². The lowest BCUT2D eigenvalue weighted by atomic mass is 9.49. The highest BCUT2D eigenvalue weighted by Crippen LogP contribution is 2.65. The van der Waals surface area contributed by atoms with Crippen molar-refractivity contribution in [2.45, 2.75) is 76.6 Å². The SMILES string of the molecule is CC[C@]12C[C@](C)(O)C3c4ccc(OC)cc4CCC3C1CC[C@@H]2OCc1ccccc1. The number of hydrogen-bond acceptors (Lipinski definition) is 3. The third-order valence-electron chi connectivity index (χ3n) is 8.81. The van der Waals surface area contributed by atoms with Gasteiger partial charge in [0.1, 0.15) is 5.75 Å². The molecule has 0 radical (unpaired) electrons. The quantitative estimate of drug-likeness (QED) is 0.656. The minimum Gasteiger partial charge on any atom is -0.497 e. The Labute approximate surface area is 186 Å². The van der Waals surface area contributed by atoms with Crippen LogP contribution >= 0.6 is 0 Å². The molecular weight excluding hydrogens is 384 g/mol. The number of ether oxygens (including phenoxy) is 2. The smallest absolute Gasteiger partial charge is 0.119 e. The van der Waals surface area contributed by atoms with Crippen molar-refractivity contribution in [3.8, 4) is 5.75 Å². The van der Waals surface area contributed by atoms with Crippen LogP contribution in [0.25, 0.3) is 0 Å². The first kappa shape index (κ1) is 21.0. The topological polar surface area (TPSA) is 38.7 Å². The summed E-state index contributed by atoms with van der Waals surface area (Å²) in [5.74, 6) is 2.28. The molecule has 31 heavy (non-hydrogen) atoms. The normalized spacial score (nSPS) is 36.4. The Bertz CT molecular complexity index is 921. The molecule has 3 nitrogen and oxygen atoms in total. The zero-order valence-electron chi connectivity index (χ0n) is 19.1. The Kier molecular flexibility index (Phi) is 5.38. The second-order valence-corrected chi connectivity index (χ2v) is 10.3. The Morgan fingerprint density at radius 3 is 2.61 bits per heavy atom. The lowest BCUT2D eigenvalue weighted by Crippen LogP contribution is -2.56. The van der Waals surface area contributed by atoms with E-state index in [9.17, 15) is 5.11 Å². The third-order valence-corrected chi connectivity index (χ3v) is 8.81. The highest BCUT2D eigenvalue weighted by Gasteiger charge is 2.62. The fraction of sp³-hybridized carbons (Fsp3) is 0.571. The molecule has 2 aromatic carbocycles. The van der Waals surface area contributed by atoms with Gasteiger partial charge in [-0.3, -0.25) is 0 Å². The van der Waals surface area contributed by atoms with Crippen molar-refractivity contribution in [1.82, 2.24) is 0 Å². The van der Waals surface area contributed by atoms with Gasteiger partial charge in [-0.15, -0.1) is 0 Å². The van der Waals surface area contributed by atoms with Crippen LogP contribution in [0.5, 0.6) is 5.75 Å². The van der Waals surface area contributed by atoms with Gasteiger partial charge in [0, 0.05) is 11.3 Å². The van der Waals surface area contributed by atoms with E-state index < -0.39 is 5.60 Å². The highest BCUT2D eigenvalue weighted by molar-refractivity contribution is 5.42. The van der Waals surface area contributed by atoms with E-state index in [0.29, 0.717) is 18.4 Å². The molecular formula is C28H36O3. The first-order valence-electron chi connectivity index (χ1n) is 12.0. The van der Waals surface area contributed by atoms with Crippen LogP contribution < -0.4 is 4.74 Å². The number of methoxy groups -OCH3 is 1. The van der Waals surface area contributed by atoms with Crippen molar-refractivity contribution < 1.29 is 14.6 Å². The number of aryl methyl sites for hydroxylation is 1. The maximum Gasteiger partial charge on any atom is 0.119 e. The number of hydrogen-bond donors (Lipinski definition) is 1. The zero-order valence-corrected chi connectivity index (χ0v) is 19.1. The molecule has 5 rings (SSSR count). The molecule has 2 fully saturated rings. The van der Waals surface area contributed by atoms with E-state index >= 15 is 0 Å². The fourth-order valence-electron chi connectivity index (χ4n) is 7.62. The molecule has 2 aromatic rings. The van der Waals surface area contributed by atoms with Gasteiger partial charge in [0.15, 0.2) is 0 Å². The van der Waals surface area contributed by atoms with E-state index in [4.69, 9.17) is 9.47 Å². The summed E-state index contributed by atoms with van der Waals surface area (Å²) < 4.78 is 12.1. The number of rotatable bonds is 5. The summed E-state index contributed by atoms with van der Waals surface area (Å²) in [6.45, 7) is 5.07. The van der Waals surface area contributed by atoms with Crippen LogP contribution in [0.3, 0.4) is 0 Å². The molecule has 0 spiro atoms. The molecule has 166 valence electrons. The minimum atomic E-state index is -0.723. The van der Waals surface area contributed by atoms with Gasteiger partial charge in [0.05, 0.1) is 25.4 Å². The van der Waals surface area contributed by atoms with E-state index in [1.807, 2.05) is 0 Å². The largest absolute Gasteiger partial charge is 0.497 e. The van der Waals surface area contributed by atoms with E-state index in [1.54, 1.807) is 7.11 Å². The number of aliphatic hydroxyl groups is 1. The molecule has 0 bridgehead atoms. The summed E-state index contributed by atoms with van der Waals surface area (Å²) in [6.07, 6.45) is 6.69. The predicted octanol–water partition coefficient (Wildman–Crippen LogP) is 5.89. The monoisotopic (exact) mass is 420 g/mol. The van der Waals surface area contributed by atoms with Crippen molar-refractivity contribution in [2.24, 2.45) is 17.3 Å². The summed E-state index contributed by atoms with van der Waals surface area (Å²) in [6, 6.07) is 17.0. The van der Waals surface area contributed by atoms with Crippen molar-refractivity contribution in [3.05, 3.63) is 65.2 Å². The summed E-state index contributed by atoms with van der Waals surface area (Å²) in [4.78, 5) is 0. The van der Waals surface area contributed by atoms with Crippen molar-refractivity contribution in [3.63, 3.8) is 0 Å². The van der Waals surface area contributed by atoms with Crippen LogP contribution in [0, 0.1) is 17.3 Å². The van der Waals surface area contributed by atoms with E-state index in [-0.39, 0.29) is 17.4 Å². The highest BCUT2D eigenvalue weighted by atomic mass is 16.5. The molecule has 0 aromatic heterocycles. The van der Waals surface area contributed by atoms with Gasteiger partial charge >= 0.3 is 0 Å². The van der Waals surface area contributed by atoms with Crippen LogP contribution in [-0.4, -0.2) is 23.9 Å². The van der Waals surface area contributed by atoms with Gasteiger partial charge in [0.25, 0.3) is 0 Å². The molecule has 3 heteroatoms. The molecule has 0 aliphatic heterocycles. The Morgan fingerprint density at radius 1 is 1.06 bits per heavy atom. The van der Waals surface area contributed by atoms with E-state index in [1.165, 1.54) is 23.1 Å². The number of fused-ring (bicyclic) bond motifs is 5. The van der Waals surface area contributed by atoms with Gasteiger partial charge in [-0.2, -0.15) is 0 Å². The number of benzene rings is 2. The van der Waals surface area contributed by atoms with Crippen LogP contribution in [0.15, 0.2) is 48.5 Å². The molecule has 3 aliphatic carbocycles. The molecule has 6 atom stereocenters. The van der Waals surface area contributed by atoms with Crippen molar-refractivity contribution >= 4 is 0 Å². The lowest BCUT2D eigenvalue weighted by molar-refractivity contribution is -0.154. The average molecular weight is 421 g/mol. The summed E-state index contributed by atoms with van der Waals surface area (Å²) in [5.41, 5.74) is 3.29. The summed E-state index contributed by atoms with van der Waals surface area (Å²) >= 11 is 0. The third kappa shape index (κ3) is 3.41. The lowest BCUT2D eigenvalue weighted by Gasteiger charge is -2.58. The molecule has 1 N–H and O–H groups in total. The first-order valence-corrected chi connectivity index (χ1v) is 12.0. The Morgan fingerprint density at radius 2 is 1.87 bits per heavy atom. The standard InChI is InChI=1S/C28H36O3/c1-4-28-18-27(2,29)26-22-13-11-21(30-3)16-20(22)10-12-23(26)24(28)14-15-25(28)31-17-19-8-6-5-7-9-19/h5-9,11,13,16,23-26,29H,4,10,12,14-15,17-18H2,1-3H3/t23?,24?,25-,26?,27-,28-/m0/s1. The van der Waals surface area contributed by atoms with Crippen molar-refractivity contribution in [2.75, 3.05) is 7.11 Å². The molecule has 2 saturated carbocycles. The molecule has 0 amide bonds. The Balaban J connectivity index is 1.45. The molecule has 0 saturated heterocycles. The maximum atomic E-state index is 11.9. The minimum absolute atomic E-state index is 0.0728. The zero-order chi connectivity index (χ0) is 21.6. The van der Waals surface area contributed by atoms with Crippen molar-refractivity contribution in [1.29, 1.82) is 0 Å². The molecule has 0 heterocycles. The van der Waals surface area contributed by atoms with Gasteiger partial charge in [-0.05, 0) is 86.1 Å². The van der Waals surface area contributed by atoms with E-state index in [0.717, 1.165) is 37.9 Å². The van der Waals surface area contributed by atoms with Gasteiger partial charge in [0.2, 0.25) is 0 Å². The molecule has 3 unspecified atom stereocenters. The average Bonchev–Trinajstić information content (AvgIpc) is 3.15. The maximum absolute atomic E-state index is 11.9. The Hall–Kier alpha value is -1.84. The molecule has 3 aliphatic rings. The summed E-state index contributed by atoms with van der Waals surface area (Å²) in [5, 5.41) is 11.9. The van der Waals surface area contributed by atoms with Gasteiger partial charge in [-0.1, -0.05) is 43.3 Å². The van der Waals surface area contributed by atoms with Crippen LogP contribution in [0.2, 0.25) is 0 Å². The summed E-state index contributed by atoms with van der Waals surface area (Å²) in [7, 11) is 1.73. The fourth-order valence-corrected chi connectivity index (χ4v) is 7.62.